The first kappa shape index (κ1) is 18.1. The number of thiazole rings is 1. The molecule has 0 aliphatic carbocycles. The van der Waals surface area contributed by atoms with Crippen molar-refractivity contribution in [1.82, 2.24) is 10.3 Å². The maximum atomic E-state index is 12.4. The zero-order valence-electron chi connectivity index (χ0n) is 14.1. The van der Waals surface area contributed by atoms with Crippen molar-refractivity contribution in [2.24, 2.45) is 0 Å². The Bertz CT molecular complexity index is 847. The second-order valence-electron chi connectivity index (χ2n) is 6.00. The van der Waals surface area contributed by atoms with Gasteiger partial charge in [-0.3, -0.25) is 4.79 Å². The van der Waals surface area contributed by atoms with E-state index in [0.717, 1.165) is 16.1 Å². The molecule has 0 fully saturated rings. The molecule has 2 aromatic carbocycles. The minimum Gasteiger partial charge on any atom is -0.508 e. The molecule has 0 unspecified atom stereocenters. The number of aliphatic hydroxyl groups is 1. The van der Waals surface area contributed by atoms with E-state index in [-0.39, 0.29) is 18.3 Å². The van der Waals surface area contributed by atoms with Crippen LogP contribution in [0.5, 0.6) is 5.75 Å². The quantitative estimate of drug-likeness (QED) is 0.599. The van der Waals surface area contributed by atoms with Crippen LogP contribution in [-0.2, 0) is 12.8 Å². The lowest BCUT2D eigenvalue weighted by molar-refractivity contribution is 0.0920. The predicted molar refractivity (Wildman–Crippen MR) is 102 cm³/mol. The highest BCUT2D eigenvalue weighted by Gasteiger charge is 2.16. The minimum atomic E-state index is -0.397. The van der Waals surface area contributed by atoms with Gasteiger partial charge in [0.1, 0.15) is 10.6 Å². The lowest BCUT2D eigenvalue weighted by Gasteiger charge is -2.15. The van der Waals surface area contributed by atoms with Gasteiger partial charge in [0, 0.05) is 6.42 Å². The van der Waals surface area contributed by atoms with E-state index in [0.29, 0.717) is 17.7 Å². The first-order valence-corrected chi connectivity index (χ1v) is 9.14. The monoisotopic (exact) mass is 368 g/mol. The van der Waals surface area contributed by atoms with Crippen molar-refractivity contribution in [2.75, 3.05) is 6.61 Å². The molecule has 3 aromatic rings. The molecule has 3 N–H and O–H groups in total. The van der Waals surface area contributed by atoms with Crippen molar-refractivity contribution in [1.29, 1.82) is 0 Å². The Kier molecular flexibility index (Phi) is 5.99. The van der Waals surface area contributed by atoms with Crippen LogP contribution in [0.1, 0.15) is 25.8 Å². The summed E-state index contributed by atoms with van der Waals surface area (Å²) in [7, 11) is 0. The number of nitrogens with one attached hydrogen (secondary N) is 1. The van der Waals surface area contributed by atoms with Crippen molar-refractivity contribution < 1.29 is 15.0 Å². The molecule has 0 spiro atoms. The number of benzene rings is 2. The second kappa shape index (κ2) is 8.60. The van der Waals surface area contributed by atoms with E-state index in [2.05, 4.69) is 10.3 Å². The van der Waals surface area contributed by atoms with Crippen LogP contribution in [0.15, 0.2) is 60.8 Å². The van der Waals surface area contributed by atoms with Crippen molar-refractivity contribution in [2.45, 2.75) is 18.9 Å². The topological polar surface area (TPSA) is 82.5 Å². The molecule has 0 aliphatic heterocycles. The van der Waals surface area contributed by atoms with Gasteiger partial charge in [-0.2, -0.15) is 0 Å². The molecule has 5 nitrogen and oxygen atoms in total. The van der Waals surface area contributed by atoms with E-state index in [4.69, 9.17) is 0 Å². The fraction of sp³-hybridized carbons (Fsp3) is 0.200. The Morgan fingerprint density at radius 2 is 1.81 bits per heavy atom. The average molecular weight is 368 g/mol. The van der Waals surface area contributed by atoms with Gasteiger partial charge in [-0.1, -0.05) is 42.5 Å². The molecule has 26 heavy (non-hydrogen) atoms. The number of phenolic OH excluding ortho intramolecular Hbond substituents is 1. The van der Waals surface area contributed by atoms with E-state index in [9.17, 15) is 15.0 Å². The van der Waals surface area contributed by atoms with Gasteiger partial charge in [0.15, 0.2) is 0 Å². The van der Waals surface area contributed by atoms with Crippen LogP contribution in [0.25, 0.3) is 0 Å². The van der Waals surface area contributed by atoms with Crippen molar-refractivity contribution >= 4 is 17.2 Å². The normalized spacial score (nSPS) is 11.9. The van der Waals surface area contributed by atoms with E-state index < -0.39 is 6.04 Å². The van der Waals surface area contributed by atoms with Crippen LogP contribution in [0.4, 0.5) is 0 Å². The number of rotatable bonds is 7. The van der Waals surface area contributed by atoms with Crippen LogP contribution < -0.4 is 5.32 Å². The number of nitrogens with zero attached hydrogens (tertiary/aromatic N) is 1. The van der Waals surface area contributed by atoms with E-state index in [1.54, 1.807) is 30.5 Å². The van der Waals surface area contributed by atoms with Crippen LogP contribution >= 0.6 is 11.3 Å². The van der Waals surface area contributed by atoms with Gasteiger partial charge >= 0.3 is 0 Å². The summed E-state index contributed by atoms with van der Waals surface area (Å²) in [5, 5.41) is 22.6. The first-order chi connectivity index (χ1) is 12.6. The summed E-state index contributed by atoms with van der Waals surface area (Å²) in [6.45, 7) is -0.164. The highest BCUT2D eigenvalue weighted by Crippen LogP contribution is 2.17. The minimum absolute atomic E-state index is 0.164. The molecular formula is C20H20N2O3S. The maximum absolute atomic E-state index is 12.4. The number of aromatic hydroxyl groups is 1. The summed E-state index contributed by atoms with van der Waals surface area (Å²) >= 11 is 1.36. The molecule has 3 rings (SSSR count). The molecule has 0 saturated heterocycles. The first-order valence-electron chi connectivity index (χ1n) is 8.32. The molecule has 1 aromatic heterocycles. The number of carbonyl (C=O) groups excluding carboxylic acids is 1. The Hall–Kier alpha value is -2.70. The number of amides is 1. The summed E-state index contributed by atoms with van der Waals surface area (Å²) in [5.41, 5.74) is 2.07. The molecule has 1 heterocycles. The van der Waals surface area contributed by atoms with Gasteiger partial charge in [0.05, 0.1) is 23.9 Å². The van der Waals surface area contributed by atoms with Gasteiger partial charge in [-0.15, -0.1) is 11.3 Å². The summed E-state index contributed by atoms with van der Waals surface area (Å²) in [4.78, 5) is 17.3. The lowest BCUT2D eigenvalue weighted by atomic mass is 10.1. The van der Waals surface area contributed by atoms with Gasteiger partial charge in [0.2, 0.25) is 0 Å². The van der Waals surface area contributed by atoms with E-state index in [1.807, 2.05) is 30.3 Å². The maximum Gasteiger partial charge on any atom is 0.263 e. The number of aliphatic hydroxyl groups excluding tert-OH is 1. The molecule has 6 heteroatoms. The molecular weight excluding hydrogens is 348 g/mol. The third kappa shape index (κ3) is 4.91. The van der Waals surface area contributed by atoms with Crippen molar-refractivity contribution in [3.63, 3.8) is 0 Å². The Labute approximate surface area is 156 Å². The molecule has 1 amide bonds. The SMILES string of the molecule is O=C(N[C@H](CO)Cc1ccc(O)cc1)c1cnc(Cc2ccccc2)s1. The number of carbonyl (C=O) groups is 1. The number of hydrogen-bond acceptors (Lipinski definition) is 5. The smallest absolute Gasteiger partial charge is 0.263 e. The number of hydrogen-bond donors (Lipinski definition) is 3. The zero-order chi connectivity index (χ0) is 18.4. The highest BCUT2D eigenvalue weighted by atomic mass is 32.1. The van der Waals surface area contributed by atoms with E-state index >= 15 is 0 Å². The van der Waals surface area contributed by atoms with Crippen LogP contribution in [0.3, 0.4) is 0 Å². The van der Waals surface area contributed by atoms with Gasteiger partial charge in [-0.25, -0.2) is 4.98 Å². The average Bonchev–Trinajstić information content (AvgIpc) is 3.12. The second-order valence-corrected chi connectivity index (χ2v) is 7.12. The standard InChI is InChI=1S/C20H20N2O3S/c23-13-16(10-15-6-8-17(24)9-7-15)22-20(25)18-12-21-19(26-18)11-14-4-2-1-3-5-14/h1-9,12,16,23-24H,10-11,13H2,(H,22,25)/t16-/m0/s1. The van der Waals surface area contributed by atoms with Crippen LogP contribution in [-0.4, -0.2) is 33.8 Å². The third-order valence-corrected chi connectivity index (χ3v) is 4.95. The Balaban J connectivity index is 1.60. The van der Waals surface area contributed by atoms with Gasteiger partial charge in [-0.05, 0) is 29.7 Å². The fourth-order valence-corrected chi connectivity index (χ4v) is 3.46. The fourth-order valence-electron chi connectivity index (χ4n) is 2.60. The molecule has 0 aliphatic rings. The third-order valence-electron chi connectivity index (χ3n) is 3.95. The number of phenols is 1. The Morgan fingerprint density at radius 1 is 1.08 bits per heavy atom. The zero-order valence-corrected chi connectivity index (χ0v) is 14.9. The highest BCUT2D eigenvalue weighted by molar-refractivity contribution is 7.13. The predicted octanol–water partition coefficient (Wildman–Crippen LogP) is 2.77. The molecule has 1 atom stereocenters. The van der Waals surface area contributed by atoms with E-state index in [1.165, 1.54) is 11.3 Å². The molecule has 0 bridgehead atoms. The van der Waals surface area contributed by atoms with Crippen LogP contribution in [0, 0.1) is 0 Å². The van der Waals surface area contributed by atoms with Gasteiger partial charge < -0.3 is 15.5 Å². The number of aromatic nitrogens is 1. The summed E-state index contributed by atoms with van der Waals surface area (Å²) in [6.07, 6.45) is 2.75. The molecule has 0 saturated carbocycles. The summed E-state index contributed by atoms with van der Waals surface area (Å²) in [5.74, 6) is -0.0476. The Morgan fingerprint density at radius 3 is 2.50 bits per heavy atom. The van der Waals surface area contributed by atoms with Crippen molar-refractivity contribution in [3.8, 4) is 5.75 Å². The molecule has 134 valence electrons. The molecule has 0 radical (unpaired) electrons. The summed E-state index contributed by atoms with van der Waals surface area (Å²) < 4.78 is 0. The van der Waals surface area contributed by atoms with Gasteiger partial charge in [0.25, 0.3) is 5.91 Å². The largest absolute Gasteiger partial charge is 0.508 e. The van der Waals surface area contributed by atoms with Crippen molar-refractivity contribution in [3.05, 3.63) is 81.8 Å². The van der Waals surface area contributed by atoms with Crippen LogP contribution in [0.2, 0.25) is 0 Å². The summed E-state index contributed by atoms with van der Waals surface area (Å²) in [6, 6.07) is 16.3. The lowest BCUT2D eigenvalue weighted by Crippen LogP contribution is -2.38.